The Morgan fingerprint density at radius 2 is 1.59 bits per heavy atom. The Kier molecular flexibility index (Phi) is 7.16. The van der Waals surface area contributed by atoms with Crippen molar-refractivity contribution >= 4 is 73.1 Å². The van der Waals surface area contributed by atoms with Crippen LogP contribution in [0.25, 0.3) is 6.08 Å². The molecular formula is C24H14Br2ClFN2O4. The lowest BCUT2D eigenvalue weighted by molar-refractivity contribution is -0.122. The molecule has 0 spiro atoms. The molecule has 0 aromatic heterocycles. The van der Waals surface area contributed by atoms with Gasteiger partial charge in [-0.2, -0.15) is 0 Å². The van der Waals surface area contributed by atoms with E-state index in [0.29, 0.717) is 31.9 Å². The molecule has 0 radical (unpaired) electrons. The van der Waals surface area contributed by atoms with E-state index in [9.17, 15) is 18.8 Å². The van der Waals surface area contributed by atoms with Gasteiger partial charge in [-0.3, -0.25) is 14.9 Å². The highest BCUT2D eigenvalue weighted by molar-refractivity contribution is 9.11. The van der Waals surface area contributed by atoms with Gasteiger partial charge in [0.15, 0.2) is 0 Å². The van der Waals surface area contributed by atoms with E-state index in [4.69, 9.17) is 16.3 Å². The SMILES string of the molecule is O=C1NC(=O)N(c2ccc(F)cc2)C(=O)/C1=C/c1cc(Br)c(OCc2ccc(Cl)cc2)c(Br)c1. The van der Waals surface area contributed by atoms with Crippen LogP contribution in [0.15, 0.2) is 75.2 Å². The fraction of sp³-hybridized carbons (Fsp3) is 0.0417. The number of amides is 4. The number of carbonyl (C=O) groups excluding carboxylic acids is 3. The van der Waals surface area contributed by atoms with Crippen LogP contribution in [-0.2, 0) is 16.2 Å². The Morgan fingerprint density at radius 1 is 0.971 bits per heavy atom. The number of ether oxygens (including phenoxy) is 1. The van der Waals surface area contributed by atoms with Crippen LogP contribution in [0.5, 0.6) is 5.75 Å². The second kappa shape index (κ2) is 10.1. The number of hydrogen-bond acceptors (Lipinski definition) is 4. The van der Waals surface area contributed by atoms with Gasteiger partial charge in [-0.15, -0.1) is 0 Å². The highest BCUT2D eigenvalue weighted by atomic mass is 79.9. The van der Waals surface area contributed by atoms with Crippen LogP contribution in [0.3, 0.4) is 0 Å². The molecule has 0 atom stereocenters. The molecule has 4 amide bonds. The van der Waals surface area contributed by atoms with Crippen LogP contribution in [0.2, 0.25) is 5.02 Å². The predicted molar refractivity (Wildman–Crippen MR) is 133 cm³/mol. The Balaban J connectivity index is 1.60. The third-order valence-corrected chi connectivity index (χ3v) is 6.24. The fourth-order valence-corrected chi connectivity index (χ4v) is 4.76. The third kappa shape index (κ3) is 5.22. The first-order chi connectivity index (χ1) is 16.2. The number of barbiturate groups is 1. The van der Waals surface area contributed by atoms with Gasteiger partial charge in [0.2, 0.25) is 0 Å². The zero-order chi connectivity index (χ0) is 24.4. The van der Waals surface area contributed by atoms with Crippen molar-refractivity contribution in [2.45, 2.75) is 6.61 Å². The van der Waals surface area contributed by atoms with Gasteiger partial charge in [-0.1, -0.05) is 23.7 Å². The Hall–Kier alpha value is -3.01. The Labute approximate surface area is 215 Å². The molecule has 10 heteroatoms. The number of rotatable bonds is 5. The summed E-state index contributed by atoms with van der Waals surface area (Å²) in [5, 5.41) is 2.76. The van der Waals surface area contributed by atoms with Gasteiger partial charge in [0, 0.05) is 5.02 Å². The lowest BCUT2D eigenvalue weighted by Crippen LogP contribution is -2.54. The average Bonchev–Trinajstić information content (AvgIpc) is 2.78. The molecule has 1 aliphatic heterocycles. The average molecular weight is 609 g/mol. The van der Waals surface area contributed by atoms with Gasteiger partial charge in [-0.05, 0) is 97.6 Å². The second-order valence-electron chi connectivity index (χ2n) is 7.16. The van der Waals surface area contributed by atoms with E-state index in [1.807, 2.05) is 12.1 Å². The van der Waals surface area contributed by atoms with Crippen LogP contribution in [-0.4, -0.2) is 17.8 Å². The molecule has 4 rings (SSSR count). The first-order valence-corrected chi connectivity index (χ1v) is 11.7. The van der Waals surface area contributed by atoms with E-state index in [2.05, 4.69) is 37.2 Å². The molecule has 1 saturated heterocycles. The van der Waals surface area contributed by atoms with E-state index >= 15 is 0 Å². The van der Waals surface area contributed by atoms with Crippen LogP contribution < -0.4 is 15.0 Å². The van der Waals surface area contributed by atoms with Crippen molar-refractivity contribution in [2.75, 3.05) is 4.90 Å². The smallest absolute Gasteiger partial charge is 0.335 e. The van der Waals surface area contributed by atoms with Crippen molar-refractivity contribution in [1.29, 1.82) is 0 Å². The van der Waals surface area contributed by atoms with Crippen molar-refractivity contribution in [3.8, 4) is 5.75 Å². The fourth-order valence-electron chi connectivity index (χ4n) is 3.19. The summed E-state index contributed by atoms with van der Waals surface area (Å²) in [5.74, 6) is -1.65. The number of nitrogens with zero attached hydrogens (tertiary/aromatic N) is 1. The number of nitrogens with one attached hydrogen (secondary N) is 1. The molecular weight excluding hydrogens is 595 g/mol. The van der Waals surface area contributed by atoms with Crippen LogP contribution >= 0.6 is 43.5 Å². The number of imide groups is 2. The van der Waals surface area contributed by atoms with Gasteiger partial charge in [0.05, 0.1) is 14.6 Å². The standard InChI is InChI=1S/C24H14Br2ClFN2O4/c25-19-10-14(11-20(26)21(19)34-12-13-1-3-15(27)4-2-13)9-18-22(31)29-24(33)30(23(18)32)17-7-5-16(28)6-8-17/h1-11H,12H2,(H,29,31,33)/b18-9+. The summed E-state index contributed by atoms with van der Waals surface area (Å²) in [7, 11) is 0. The molecule has 0 aliphatic carbocycles. The minimum atomic E-state index is -0.910. The van der Waals surface area contributed by atoms with Gasteiger partial charge >= 0.3 is 6.03 Å². The van der Waals surface area contributed by atoms with Crippen LogP contribution in [0, 0.1) is 5.82 Å². The van der Waals surface area contributed by atoms with Crippen molar-refractivity contribution < 1.29 is 23.5 Å². The maximum atomic E-state index is 13.3. The maximum Gasteiger partial charge on any atom is 0.335 e. The van der Waals surface area contributed by atoms with Gasteiger partial charge in [0.1, 0.15) is 23.7 Å². The van der Waals surface area contributed by atoms with Crippen LogP contribution in [0.1, 0.15) is 11.1 Å². The van der Waals surface area contributed by atoms with E-state index in [0.717, 1.165) is 22.6 Å². The molecule has 3 aromatic rings. The molecule has 1 heterocycles. The second-order valence-corrected chi connectivity index (χ2v) is 9.31. The molecule has 1 N–H and O–H groups in total. The molecule has 172 valence electrons. The molecule has 3 aromatic carbocycles. The Morgan fingerprint density at radius 3 is 2.21 bits per heavy atom. The van der Waals surface area contributed by atoms with Crippen molar-refractivity contribution in [2.24, 2.45) is 0 Å². The lowest BCUT2D eigenvalue weighted by Gasteiger charge is -2.26. The molecule has 6 nitrogen and oxygen atoms in total. The number of carbonyl (C=O) groups is 3. The summed E-state index contributed by atoms with van der Waals surface area (Å²) in [4.78, 5) is 38.4. The molecule has 0 saturated carbocycles. The van der Waals surface area contributed by atoms with Gasteiger partial charge in [-0.25, -0.2) is 14.1 Å². The van der Waals surface area contributed by atoms with E-state index in [1.165, 1.54) is 18.2 Å². The predicted octanol–water partition coefficient (Wildman–Crippen LogP) is 6.25. The number of benzene rings is 3. The number of anilines is 1. The lowest BCUT2D eigenvalue weighted by atomic mass is 10.1. The zero-order valence-corrected chi connectivity index (χ0v) is 21.1. The maximum absolute atomic E-state index is 13.3. The topological polar surface area (TPSA) is 75.7 Å². The summed E-state index contributed by atoms with van der Waals surface area (Å²) in [6.45, 7) is 0.296. The minimum Gasteiger partial charge on any atom is -0.487 e. The van der Waals surface area contributed by atoms with E-state index in [1.54, 1.807) is 24.3 Å². The number of urea groups is 1. The quantitative estimate of drug-likeness (QED) is 0.275. The van der Waals surface area contributed by atoms with E-state index in [-0.39, 0.29) is 11.3 Å². The summed E-state index contributed by atoms with van der Waals surface area (Å²) in [6, 6.07) is 14.5. The monoisotopic (exact) mass is 606 g/mol. The summed E-state index contributed by atoms with van der Waals surface area (Å²) in [5.41, 5.74) is 1.31. The first kappa shape index (κ1) is 24.1. The number of hydrogen-bond donors (Lipinski definition) is 1. The van der Waals surface area contributed by atoms with E-state index < -0.39 is 23.7 Å². The van der Waals surface area contributed by atoms with Crippen molar-refractivity contribution in [3.63, 3.8) is 0 Å². The first-order valence-electron chi connectivity index (χ1n) is 9.76. The molecule has 1 fully saturated rings. The highest BCUT2D eigenvalue weighted by Gasteiger charge is 2.36. The zero-order valence-electron chi connectivity index (χ0n) is 17.2. The van der Waals surface area contributed by atoms with Crippen molar-refractivity contribution in [3.05, 3.63) is 97.1 Å². The third-order valence-electron chi connectivity index (χ3n) is 4.81. The molecule has 1 aliphatic rings. The van der Waals surface area contributed by atoms with Gasteiger partial charge in [0.25, 0.3) is 11.8 Å². The molecule has 0 bridgehead atoms. The summed E-state index contributed by atoms with van der Waals surface area (Å²) < 4.78 is 20.3. The molecule has 0 unspecified atom stereocenters. The number of halogens is 4. The highest BCUT2D eigenvalue weighted by Crippen LogP contribution is 2.36. The van der Waals surface area contributed by atoms with Crippen LogP contribution in [0.4, 0.5) is 14.9 Å². The summed E-state index contributed by atoms with van der Waals surface area (Å²) in [6.07, 6.45) is 1.36. The Bertz CT molecular complexity index is 1300. The van der Waals surface area contributed by atoms with Gasteiger partial charge < -0.3 is 4.74 Å². The largest absolute Gasteiger partial charge is 0.487 e. The summed E-state index contributed by atoms with van der Waals surface area (Å²) >= 11 is 12.8. The van der Waals surface area contributed by atoms with Crippen molar-refractivity contribution in [1.82, 2.24) is 5.32 Å². The normalized spacial score (nSPS) is 15.0. The molecule has 34 heavy (non-hydrogen) atoms. The minimum absolute atomic E-state index is 0.135.